The molecule has 9 heteroatoms. The van der Waals surface area contributed by atoms with E-state index in [0.717, 1.165) is 22.8 Å². The Morgan fingerprint density at radius 3 is 2.44 bits per heavy atom. The van der Waals surface area contributed by atoms with Crippen molar-refractivity contribution in [3.63, 3.8) is 0 Å². The van der Waals surface area contributed by atoms with Gasteiger partial charge in [0, 0.05) is 35.4 Å². The van der Waals surface area contributed by atoms with Gasteiger partial charge in [0.05, 0.1) is 10.9 Å². The molecule has 1 N–H and O–H groups in total. The molecule has 0 spiro atoms. The molecule has 2 aromatic carbocycles. The van der Waals surface area contributed by atoms with Gasteiger partial charge < -0.3 is 9.73 Å². The molecule has 2 heterocycles. The number of fused-ring (bicyclic) bond motifs is 1. The van der Waals surface area contributed by atoms with E-state index in [4.69, 9.17) is 4.42 Å². The zero-order chi connectivity index (χ0) is 22.7. The second-order valence-corrected chi connectivity index (χ2v) is 10.2. The molecule has 2 aromatic heterocycles. The number of amides is 1. The van der Waals surface area contributed by atoms with E-state index in [1.54, 1.807) is 30.6 Å². The lowest BCUT2D eigenvalue weighted by atomic mass is 10.1. The van der Waals surface area contributed by atoms with Crippen LogP contribution in [0, 0.1) is 0 Å². The zero-order valence-corrected chi connectivity index (χ0v) is 19.1. The number of para-hydroxylation sites is 1. The number of carbonyl (C=O) groups is 1. The van der Waals surface area contributed by atoms with Crippen molar-refractivity contribution in [2.45, 2.75) is 28.8 Å². The van der Waals surface area contributed by atoms with Crippen molar-refractivity contribution in [2.75, 3.05) is 6.26 Å². The maximum absolute atomic E-state index is 13.1. The SMILES string of the molecule is CC(NC(=O)c1oc2ccccc2c1CSc1ncccn1)c1ccc(S(C)(=O)=O)cc1. The number of sulfone groups is 1. The quantitative estimate of drug-likeness (QED) is 0.317. The van der Waals surface area contributed by atoms with E-state index in [2.05, 4.69) is 15.3 Å². The highest BCUT2D eigenvalue weighted by atomic mass is 32.2. The number of rotatable bonds is 7. The van der Waals surface area contributed by atoms with Gasteiger partial charge >= 0.3 is 0 Å². The Balaban J connectivity index is 1.57. The molecule has 1 atom stereocenters. The molecule has 164 valence electrons. The Kier molecular flexibility index (Phi) is 6.29. The summed E-state index contributed by atoms with van der Waals surface area (Å²) in [6.07, 6.45) is 4.51. The molecule has 0 aliphatic carbocycles. The first-order valence-electron chi connectivity index (χ1n) is 9.84. The molecule has 0 aliphatic heterocycles. The van der Waals surface area contributed by atoms with E-state index in [0.29, 0.717) is 16.5 Å². The first-order chi connectivity index (χ1) is 15.3. The van der Waals surface area contributed by atoms with Gasteiger partial charge in [0.25, 0.3) is 5.91 Å². The summed E-state index contributed by atoms with van der Waals surface area (Å²) in [5.41, 5.74) is 2.19. The van der Waals surface area contributed by atoms with Crippen LogP contribution < -0.4 is 5.32 Å². The summed E-state index contributed by atoms with van der Waals surface area (Å²) in [7, 11) is -3.28. The van der Waals surface area contributed by atoms with Crippen molar-refractivity contribution in [2.24, 2.45) is 0 Å². The van der Waals surface area contributed by atoms with Crippen LogP contribution in [0.25, 0.3) is 11.0 Å². The number of carbonyl (C=O) groups excluding carboxylic acids is 1. The Hall–Kier alpha value is -3.17. The van der Waals surface area contributed by atoms with Crippen LogP contribution in [0.3, 0.4) is 0 Å². The fraction of sp³-hybridized carbons (Fsp3) is 0.174. The Bertz CT molecular complexity index is 1350. The Labute approximate surface area is 190 Å². The largest absolute Gasteiger partial charge is 0.451 e. The number of hydrogen-bond acceptors (Lipinski definition) is 7. The van der Waals surface area contributed by atoms with Crippen LogP contribution in [-0.2, 0) is 15.6 Å². The van der Waals surface area contributed by atoms with E-state index in [1.165, 1.54) is 23.9 Å². The number of nitrogens with one attached hydrogen (secondary N) is 1. The third-order valence-electron chi connectivity index (χ3n) is 4.95. The van der Waals surface area contributed by atoms with Crippen molar-refractivity contribution in [1.82, 2.24) is 15.3 Å². The number of thioether (sulfide) groups is 1. The van der Waals surface area contributed by atoms with Crippen LogP contribution in [0.2, 0.25) is 0 Å². The molecule has 1 unspecified atom stereocenters. The third kappa shape index (κ3) is 4.84. The molecule has 0 saturated heterocycles. The van der Waals surface area contributed by atoms with Gasteiger partial charge in [-0.3, -0.25) is 4.79 Å². The molecule has 0 aliphatic rings. The monoisotopic (exact) mass is 467 g/mol. The number of nitrogens with zero attached hydrogens (tertiary/aromatic N) is 2. The summed E-state index contributed by atoms with van der Waals surface area (Å²) in [4.78, 5) is 21.8. The third-order valence-corrected chi connectivity index (χ3v) is 6.98. The molecule has 0 saturated carbocycles. The second-order valence-electron chi connectivity index (χ2n) is 7.26. The summed E-state index contributed by atoms with van der Waals surface area (Å²) in [6.45, 7) is 1.84. The maximum Gasteiger partial charge on any atom is 0.287 e. The lowest BCUT2D eigenvalue weighted by Crippen LogP contribution is -2.27. The average Bonchev–Trinajstić information content (AvgIpc) is 3.16. The van der Waals surface area contributed by atoms with Crippen LogP contribution in [0.1, 0.15) is 34.6 Å². The number of furan rings is 1. The van der Waals surface area contributed by atoms with Gasteiger partial charge in [-0.05, 0) is 36.8 Å². The lowest BCUT2D eigenvalue weighted by Gasteiger charge is -2.14. The number of benzene rings is 2. The minimum absolute atomic E-state index is 0.236. The van der Waals surface area contributed by atoms with Crippen LogP contribution in [0.15, 0.2) is 81.5 Å². The zero-order valence-electron chi connectivity index (χ0n) is 17.5. The molecule has 0 fully saturated rings. The normalized spacial score (nSPS) is 12.6. The molecule has 4 rings (SSSR count). The van der Waals surface area contributed by atoms with Gasteiger partial charge in [-0.2, -0.15) is 0 Å². The van der Waals surface area contributed by atoms with Crippen molar-refractivity contribution in [3.8, 4) is 0 Å². The molecular formula is C23H21N3O4S2. The molecule has 32 heavy (non-hydrogen) atoms. The molecule has 0 bridgehead atoms. The molecular weight excluding hydrogens is 446 g/mol. The molecule has 4 aromatic rings. The standard InChI is InChI=1S/C23H21N3O4S2/c1-15(16-8-10-17(11-9-16)32(2,28)29)26-22(27)21-19(14-31-23-24-12-5-13-25-23)18-6-3-4-7-20(18)30-21/h3-13,15H,14H2,1-2H3,(H,26,27). The number of aromatic nitrogens is 2. The molecule has 7 nitrogen and oxygen atoms in total. The van der Waals surface area contributed by atoms with Crippen LogP contribution in [0.5, 0.6) is 0 Å². The Morgan fingerprint density at radius 1 is 1.06 bits per heavy atom. The minimum Gasteiger partial charge on any atom is -0.451 e. The summed E-state index contributed by atoms with van der Waals surface area (Å²) in [6, 6.07) is 15.4. The molecule has 1 amide bonds. The van der Waals surface area contributed by atoms with Gasteiger partial charge in [-0.25, -0.2) is 18.4 Å². The summed E-state index contributed by atoms with van der Waals surface area (Å²) < 4.78 is 29.2. The van der Waals surface area contributed by atoms with E-state index in [9.17, 15) is 13.2 Å². The summed E-state index contributed by atoms with van der Waals surface area (Å²) >= 11 is 1.42. The van der Waals surface area contributed by atoms with Crippen LogP contribution in [0.4, 0.5) is 0 Å². The smallest absolute Gasteiger partial charge is 0.287 e. The second kappa shape index (κ2) is 9.13. The summed E-state index contributed by atoms with van der Waals surface area (Å²) in [5, 5.41) is 4.43. The van der Waals surface area contributed by atoms with E-state index < -0.39 is 9.84 Å². The first kappa shape index (κ1) is 22.0. The highest BCUT2D eigenvalue weighted by molar-refractivity contribution is 7.98. The molecule has 0 radical (unpaired) electrons. The predicted octanol–water partition coefficient (Wildman–Crippen LogP) is 4.41. The van der Waals surface area contributed by atoms with E-state index in [-0.39, 0.29) is 22.6 Å². The van der Waals surface area contributed by atoms with Crippen molar-refractivity contribution in [1.29, 1.82) is 0 Å². The first-order valence-corrected chi connectivity index (χ1v) is 12.7. The maximum atomic E-state index is 13.1. The van der Waals surface area contributed by atoms with Crippen molar-refractivity contribution in [3.05, 3.63) is 83.9 Å². The predicted molar refractivity (Wildman–Crippen MR) is 123 cm³/mol. The van der Waals surface area contributed by atoms with E-state index in [1.807, 2.05) is 31.2 Å². The lowest BCUT2D eigenvalue weighted by molar-refractivity contribution is 0.0913. The van der Waals surface area contributed by atoms with Gasteiger partial charge in [-0.1, -0.05) is 42.1 Å². The van der Waals surface area contributed by atoms with E-state index >= 15 is 0 Å². The average molecular weight is 468 g/mol. The van der Waals surface area contributed by atoms with Crippen LogP contribution >= 0.6 is 11.8 Å². The van der Waals surface area contributed by atoms with Crippen LogP contribution in [-0.4, -0.2) is 30.5 Å². The van der Waals surface area contributed by atoms with Gasteiger partial charge in [-0.15, -0.1) is 0 Å². The Morgan fingerprint density at radius 2 is 1.75 bits per heavy atom. The van der Waals surface area contributed by atoms with Crippen molar-refractivity contribution < 1.29 is 17.6 Å². The highest BCUT2D eigenvalue weighted by Crippen LogP contribution is 2.31. The fourth-order valence-corrected chi connectivity index (χ4v) is 4.73. The van der Waals surface area contributed by atoms with Gasteiger partial charge in [0.1, 0.15) is 5.58 Å². The fourth-order valence-electron chi connectivity index (χ4n) is 3.27. The van der Waals surface area contributed by atoms with Gasteiger partial charge in [0.2, 0.25) is 0 Å². The van der Waals surface area contributed by atoms with Gasteiger partial charge in [0.15, 0.2) is 20.8 Å². The minimum atomic E-state index is -3.28. The summed E-state index contributed by atoms with van der Waals surface area (Å²) in [5.74, 6) is 0.376. The highest BCUT2D eigenvalue weighted by Gasteiger charge is 2.22. The number of hydrogen-bond donors (Lipinski definition) is 1. The topological polar surface area (TPSA) is 102 Å². The van der Waals surface area contributed by atoms with Crippen molar-refractivity contribution >= 4 is 38.5 Å².